The van der Waals surface area contributed by atoms with E-state index < -0.39 is 24.2 Å². The summed E-state index contributed by atoms with van der Waals surface area (Å²) < 4.78 is 26.6. The minimum absolute atomic E-state index is 0.370. The van der Waals surface area contributed by atoms with Gasteiger partial charge in [-0.1, -0.05) is 29.8 Å². The number of benzene rings is 1. The minimum atomic E-state index is -3.04. The molecular weight excluding hydrogens is 214 g/mol. The van der Waals surface area contributed by atoms with E-state index in [1.807, 2.05) is 0 Å². The van der Waals surface area contributed by atoms with Crippen LogP contribution in [0, 0.1) is 6.92 Å². The number of carboxylic acids is 1. The molecule has 88 valence electrons. The number of alkyl halides is 2. The van der Waals surface area contributed by atoms with E-state index in [1.165, 1.54) is 6.07 Å². The third kappa shape index (κ3) is 3.29. The number of rotatable bonds is 4. The lowest BCUT2D eigenvalue weighted by Gasteiger charge is -2.22. The highest BCUT2D eigenvalue weighted by Gasteiger charge is 2.36. The molecule has 0 aliphatic carbocycles. The molecule has 0 heterocycles. The molecule has 0 saturated carbocycles. The molecule has 0 spiro atoms. The molecule has 0 amide bonds. The van der Waals surface area contributed by atoms with Gasteiger partial charge in [0.25, 0.3) is 5.92 Å². The third-order valence-corrected chi connectivity index (χ3v) is 2.44. The second kappa shape index (κ2) is 4.60. The van der Waals surface area contributed by atoms with Crippen LogP contribution in [0.3, 0.4) is 0 Å². The van der Waals surface area contributed by atoms with E-state index in [9.17, 15) is 13.6 Å². The summed E-state index contributed by atoms with van der Waals surface area (Å²) in [7, 11) is 0. The fourth-order valence-corrected chi connectivity index (χ4v) is 1.65. The molecule has 0 radical (unpaired) electrons. The Morgan fingerprint density at radius 3 is 2.56 bits per heavy atom. The maximum absolute atomic E-state index is 13.3. The number of carboxylic acid groups (broad SMARTS) is 1. The summed E-state index contributed by atoms with van der Waals surface area (Å²) in [6.45, 7) is 2.54. The second-order valence-electron chi connectivity index (χ2n) is 4.02. The van der Waals surface area contributed by atoms with Crippen LogP contribution in [0.25, 0.3) is 0 Å². The van der Waals surface area contributed by atoms with Crippen molar-refractivity contribution in [3.05, 3.63) is 35.4 Å². The maximum Gasteiger partial charge on any atom is 0.304 e. The van der Waals surface area contributed by atoms with Crippen LogP contribution < -0.4 is 0 Å². The quantitative estimate of drug-likeness (QED) is 0.859. The maximum atomic E-state index is 13.3. The van der Waals surface area contributed by atoms with Gasteiger partial charge < -0.3 is 5.11 Å². The Balaban J connectivity index is 3.06. The number of hydrogen-bond donors (Lipinski definition) is 1. The molecule has 2 nitrogen and oxygen atoms in total. The van der Waals surface area contributed by atoms with Crippen molar-refractivity contribution in [1.29, 1.82) is 0 Å². The monoisotopic (exact) mass is 228 g/mol. The SMILES string of the molecule is Cc1cccc(C(CC(=O)O)C(C)(F)F)c1. The standard InChI is InChI=1S/C12H14F2O2/c1-8-4-3-5-9(6-8)10(7-11(15)16)12(2,13)14/h3-6,10H,7H2,1-2H3,(H,15,16). The van der Waals surface area contributed by atoms with Gasteiger partial charge in [-0.05, 0) is 19.4 Å². The second-order valence-corrected chi connectivity index (χ2v) is 4.02. The zero-order valence-electron chi connectivity index (χ0n) is 9.21. The van der Waals surface area contributed by atoms with Gasteiger partial charge in [0.1, 0.15) is 0 Å². The summed E-state index contributed by atoms with van der Waals surface area (Å²) in [5.74, 6) is -5.52. The van der Waals surface area contributed by atoms with Crippen LogP contribution in [-0.4, -0.2) is 17.0 Å². The molecule has 1 aromatic rings. The van der Waals surface area contributed by atoms with Crippen molar-refractivity contribution in [2.45, 2.75) is 32.1 Å². The van der Waals surface area contributed by atoms with E-state index in [1.54, 1.807) is 25.1 Å². The highest BCUT2D eigenvalue weighted by atomic mass is 19.3. The molecule has 1 rings (SSSR count). The first-order valence-corrected chi connectivity index (χ1v) is 4.97. The van der Waals surface area contributed by atoms with Gasteiger partial charge >= 0.3 is 5.97 Å². The molecule has 1 unspecified atom stereocenters. The van der Waals surface area contributed by atoms with E-state index in [2.05, 4.69) is 0 Å². The largest absolute Gasteiger partial charge is 0.481 e. The van der Waals surface area contributed by atoms with Crippen molar-refractivity contribution in [2.75, 3.05) is 0 Å². The fourth-order valence-electron chi connectivity index (χ4n) is 1.65. The molecule has 0 saturated heterocycles. The van der Waals surface area contributed by atoms with Gasteiger partial charge in [-0.25, -0.2) is 8.78 Å². The van der Waals surface area contributed by atoms with Gasteiger partial charge in [-0.3, -0.25) is 4.79 Å². The van der Waals surface area contributed by atoms with Crippen LogP contribution >= 0.6 is 0 Å². The summed E-state index contributed by atoms with van der Waals surface area (Å²) in [5, 5.41) is 8.64. The summed E-state index contributed by atoms with van der Waals surface area (Å²) in [4.78, 5) is 10.6. The molecule has 0 fully saturated rings. The molecule has 16 heavy (non-hydrogen) atoms. The van der Waals surface area contributed by atoms with Gasteiger partial charge in [-0.15, -0.1) is 0 Å². The van der Waals surface area contributed by atoms with Gasteiger partial charge in [-0.2, -0.15) is 0 Å². The first-order valence-electron chi connectivity index (χ1n) is 4.97. The van der Waals surface area contributed by atoms with Crippen molar-refractivity contribution < 1.29 is 18.7 Å². The zero-order valence-corrected chi connectivity index (χ0v) is 9.21. The Hall–Kier alpha value is -1.45. The Labute approximate surface area is 92.9 Å². The van der Waals surface area contributed by atoms with E-state index >= 15 is 0 Å². The zero-order chi connectivity index (χ0) is 12.3. The average Bonchev–Trinajstić information content (AvgIpc) is 2.12. The van der Waals surface area contributed by atoms with Gasteiger partial charge in [0.05, 0.1) is 12.3 Å². The predicted molar refractivity (Wildman–Crippen MR) is 56.8 cm³/mol. The number of carbonyl (C=O) groups is 1. The molecule has 1 atom stereocenters. The summed E-state index contributed by atoms with van der Waals surface area (Å²) >= 11 is 0. The normalized spacial score (nSPS) is 13.5. The molecule has 1 N–H and O–H groups in total. The highest BCUT2D eigenvalue weighted by Crippen LogP contribution is 2.35. The van der Waals surface area contributed by atoms with E-state index in [-0.39, 0.29) is 0 Å². The molecule has 4 heteroatoms. The van der Waals surface area contributed by atoms with E-state index in [0.717, 1.165) is 12.5 Å². The van der Waals surface area contributed by atoms with E-state index in [4.69, 9.17) is 5.11 Å². The first kappa shape index (κ1) is 12.6. The molecular formula is C12H14F2O2. The van der Waals surface area contributed by atoms with Crippen molar-refractivity contribution in [3.8, 4) is 0 Å². The fraction of sp³-hybridized carbons (Fsp3) is 0.417. The van der Waals surface area contributed by atoms with Crippen molar-refractivity contribution >= 4 is 5.97 Å². The first-order chi connectivity index (χ1) is 7.30. The number of halogens is 2. The lowest BCUT2D eigenvalue weighted by molar-refractivity contribution is -0.140. The molecule has 1 aromatic carbocycles. The number of aliphatic carboxylic acids is 1. The third-order valence-electron chi connectivity index (χ3n) is 2.44. The molecule has 0 aromatic heterocycles. The van der Waals surface area contributed by atoms with Crippen LogP contribution in [0.5, 0.6) is 0 Å². The summed E-state index contributed by atoms with van der Waals surface area (Å²) in [5.41, 5.74) is 1.21. The van der Waals surface area contributed by atoms with Crippen LogP contribution in [0.1, 0.15) is 30.4 Å². The van der Waals surface area contributed by atoms with E-state index in [0.29, 0.717) is 5.56 Å². The molecule has 0 bridgehead atoms. The lowest BCUT2D eigenvalue weighted by atomic mass is 9.89. The summed E-state index contributed by atoms with van der Waals surface area (Å²) in [6.07, 6.45) is -0.563. The Bertz CT molecular complexity index is 383. The highest BCUT2D eigenvalue weighted by molar-refractivity contribution is 5.68. The number of hydrogen-bond acceptors (Lipinski definition) is 1. The molecule has 0 aliphatic heterocycles. The van der Waals surface area contributed by atoms with Gasteiger partial charge in [0.2, 0.25) is 0 Å². The Kier molecular flexibility index (Phi) is 3.62. The van der Waals surface area contributed by atoms with Crippen molar-refractivity contribution in [3.63, 3.8) is 0 Å². The lowest BCUT2D eigenvalue weighted by Crippen LogP contribution is -2.25. The minimum Gasteiger partial charge on any atom is -0.481 e. The van der Waals surface area contributed by atoms with Crippen LogP contribution in [0.2, 0.25) is 0 Å². The predicted octanol–water partition coefficient (Wildman–Crippen LogP) is 3.21. The summed E-state index contributed by atoms with van der Waals surface area (Å²) in [6, 6.07) is 6.59. The Morgan fingerprint density at radius 2 is 2.12 bits per heavy atom. The average molecular weight is 228 g/mol. The smallest absolute Gasteiger partial charge is 0.304 e. The topological polar surface area (TPSA) is 37.3 Å². The molecule has 0 aliphatic rings. The van der Waals surface area contributed by atoms with Gasteiger partial charge in [0.15, 0.2) is 0 Å². The number of aryl methyl sites for hydroxylation is 1. The van der Waals surface area contributed by atoms with Crippen LogP contribution in [0.15, 0.2) is 24.3 Å². The van der Waals surface area contributed by atoms with Gasteiger partial charge in [0, 0.05) is 0 Å². The van der Waals surface area contributed by atoms with Crippen LogP contribution in [-0.2, 0) is 4.79 Å². The van der Waals surface area contributed by atoms with Crippen molar-refractivity contribution in [2.24, 2.45) is 0 Å². The van der Waals surface area contributed by atoms with Crippen molar-refractivity contribution in [1.82, 2.24) is 0 Å². The Morgan fingerprint density at radius 1 is 1.50 bits per heavy atom. The van der Waals surface area contributed by atoms with Crippen LogP contribution in [0.4, 0.5) is 8.78 Å².